The molecule has 0 aliphatic rings. The molecule has 0 N–H and O–H groups in total. The van der Waals surface area contributed by atoms with Gasteiger partial charge in [-0.25, -0.2) is 0 Å². The van der Waals surface area contributed by atoms with E-state index < -0.39 is 0 Å². The standard InChI is InChI=1S/C8H15NS/c1-5-8(2)9(3)6-7-10-4/h5-7H,1-4H3/b7-6-,8-5-. The molecule has 0 atom stereocenters. The fourth-order valence-corrected chi connectivity index (χ4v) is 0.778. The molecule has 0 aromatic rings. The van der Waals surface area contributed by atoms with Crippen LogP contribution in [0.3, 0.4) is 0 Å². The summed E-state index contributed by atoms with van der Waals surface area (Å²) in [5.41, 5.74) is 1.27. The van der Waals surface area contributed by atoms with Crippen LogP contribution in [0.25, 0.3) is 0 Å². The second-order valence-electron chi connectivity index (χ2n) is 2.06. The lowest BCUT2D eigenvalue weighted by atomic mass is 10.4. The zero-order valence-corrected chi connectivity index (χ0v) is 7.90. The predicted molar refractivity (Wildman–Crippen MR) is 49.8 cm³/mol. The van der Waals surface area contributed by atoms with E-state index in [4.69, 9.17) is 0 Å². The van der Waals surface area contributed by atoms with Crippen molar-refractivity contribution in [1.82, 2.24) is 4.90 Å². The van der Waals surface area contributed by atoms with Crippen LogP contribution in [0.15, 0.2) is 23.4 Å². The van der Waals surface area contributed by atoms with Gasteiger partial charge in [0.1, 0.15) is 0 Å². The molecule has 0 rings (SSSR count). The fraction of sp³-hybridized carbons (Fsp3) is 0.500. The quantitative estimate of drug-likeness (QED) is 0.619. The SMILES string of the molecule is C/C=C(/C)N(C)/C=C\SC. The summed E-state index contributed by atoms with van der Waals surface area (Å²) in [4.78, 5) is 2.09. The molecule has 0 aromatic carbocycles. The minimum Gasteiger partial charge on any atom is -0.355 e. The molecule has 0 bridgehead atoms. The van der Waals surface area contributed by atoms with Gasteiger partial charge in [-0.1, -0.05) is 6.08 Å². The lowest BCUT2D eigenvalue weighted by molar-refractivity contribution is 0.570. The van der Waals surface area contributed by atoms with Crippen LogP contribution in [0.2, 0.25) is 0 Å². The Kier molecular flexibility index (Phi) is 5.22. The van der Waals surface area contributed by atoms with E-state index in [2.05, 4.69) is 35.8 Å². The smallest absolute Gasteiger partial charge is 0.0109 e. The zero-order chi connectivity index (χ0) is 7.98. The first-order valence-electron chi connectivity index (χ1n) is 3.27. The van der Waals surface area contributed by atoms with Crippen molar-refractivity contribution >= 4 is 11.8 Å². The topological polar surface area (TPSA) is 3.24 Å². The first kappa shape index (κ1) is 9.63. The van der Waals surface area contributed by atoms with Crippen LogP contribution in [0.1, 0.15) is 13.8 Å². The molecule has 10 heavy (non-hydrogen) atoms. The van der Waals surface area contributed by atoms with Crippen molar-refractivity contribution in [3.63, 3.8) is 0 Å². The van der Waals surface area contributed by atoms with Gasteiger partial charge in [0.2, 0.25) is 0 Å². The lowest BCUT2D eigenvalue weighted by Gasteiger charge is -2.12. The first-order valence-corrected chi connectivity index (χ1v) is 4.56. The van der Waals surface area contributed by atoms with Crippen molar-refractivity contribution in [2.75, 3.05) is 13.3 Å². The molecule has 0 aliphatic heterocycles. The molecule has 0 saturated heterocycles. The fourth-order valence-electron chi connectivity index (χ4n) is 0.473. The van der Waals surface area contributed by atoms with Gasteiger partial charge in [0.05, 0.1) is 0 Å². The molecule has 0 aromatic heterocycles. The summed E-state index contributed by atoms with van der Waals surface area (Å²) in [6.07, 6.45) is 6.19. The van der Waals surface area contributed by atoms with Gasteiger partial charge in [-0.3, -0.25) is 0 Å². The number of nitrogens with zero attached hydrogens (tertiary/aromatic N) is 1. The highest BCUT2D eigenvalue weighted by atomic mass is 32.2. The number of thioether (sulfide) groups is 1. The summed E-state index contributed by atoms with van der Waals surface area (Å²) in [5.74, 6) is 0. The third-order valence-corrected chi connectivity index (χ3v) is 1.79. The largest absolute Gasteiger partial charge is 0.355 e. The van der Waals surface area contributed by atoms with Crippen LogP contribution >= 0.6 is 11.8 Å². The van der Waals surface area contributed by atoms with E-state index in [0.29, 0.717) is 0 Å². The Morgan fingerprint density at radius 2 is 2.10 bits per heavy atom. The molecule has 2 heteroatoms. The Bertz CT molecular complexity index is 138. The Labute approximate surface area is 67.8 Å². The van der Waals surface area contributed by atoms with E-state index in [1.54, 1.807) is 11.8 Å². The summed E-state index contributed by atoms with van der Waals surface area (Å²) in [5, 5.41) is 2.06. The molecule has 0 saturated carbocycles. The van der Waals surface area contributed by atoms with E-state index in [-0.39, 0.29) is 0 Å². The van der Waals surface area contributed by atoms with E-state index in [1.807, 2.05) is 14.0 Å². The minimum atomic E-state index is 1.27. The van der Waals surface area contributed by atoms with Gasteiger partial charge in [-0.05, 0) is 25.5 Å². The van der Waals surface area contributed by atoms with Crippen molar-refractivity contribution in [3.8, 4) is 0 Å². The van der Waals surface area contributed by atoms with Gasteiger partial charge in [0.15, 0.2) is 0 Å². The number of allylic oxidation sites excluding steroid dienone is 2. The van der Waals surface area contributed by atoms with Crippen molar-refractivity contribution in [1.29, 1.82) is 0 Å². The van der Waals surface area contributed by atoms with Crippen molar-refractivity contribution in [2.24, 2.45) is 0 Å². The molecule has 0 heterocycles. The highest BCUT2D eigenvalue weighted by Crippen LogP contribution is 2.02. The summed E-state index contributed by atoms with van der Waals surface area (Å²) >= 11 is 1.71. The highest BCUT2D eigenvalue weighted by molar-refractivity contribution is 8.01. The van der Waals surface area contributed by atoms with Gasteiger partial charge in [0.25, 0.3) is 0 Å². The maximum atomic E-state index is 2.09. The zero-order valence-electron chi connectivity index (χ0n) is 7.09. The third kappa shape index (κ3) is 3.62. The summed E-state index contributed by atoms with van der Waals surface area (Å²) < 4.78 is 0. The maximum absolute atomic E-state index is 2.09. The Hall–Kier alpha value is -0.370. The Balaban J connectivity index is 3.84. The third-order valence-electron chi connectivity index (χ3n) is 1.39. The maximum Gasteiger partial charge on any atom is 0.0109 e. The molecule has 1 nitrogen and oxygen atoms in total. The number of hydrogen-bond donors (Lipinski definition) is 0. The predicted octanol–water partition coefficient (Wildman–Crippen LogP) is 2.68. The second-order valence-corrected chi connectivity index (χ2v) is 2.81. The molecule has 0 fully saturated rings. The highest BCUT2D eigenvalue weighted by Gasteiger charge is 1.88. The van der Waals surface area contributed by atoms with Gasteiger partial charge in [-0.15, -0.1) is 11.8 Å². The van der Waals surface area contributed by atoms with Crippen LogP contribution in [0.4, 0.5) is 0 Å². The van der Waals surface area contributed by atoms with Crippen LogP contribution in [0, 0.1) is 0 Å². The molecule has 0 unspecified atom stereocenters. The molecule has 0 spiro atoms. The van der Waals surface area contributed by atoms with Gasteiger partial charge in [-0.2, -0.15) is 0 Å². The summed E-state index contributed by atoms with van der Waals surface area (Å²) in [6, 6.07) is 0. The molecule has 0 aliphatic carbocycles. The molecule has 0 radical (unpaired) electrons. The number of hydrogen-bond acceptors (Lipinski definition) is 2. The van der Waals surface area contributed by atoms with Crippen LogP contribution in [0.5, 0.6) is 0 Å². The van der Waals surface area contributed by atoms with Gasteiger partial charge >= 0.3 is 0 Å². The van der Waals surface area contributed by atoms with Gasteiger partial charge < -0.3 is 4.90 Å². The van der Waals surface area contributed by atoms with Crippen LogP contribution in [-0.2, 0) is 0 Å². The van der Waals surface area contributed by atoms with E-state index in [0.717, 1.165) is 0 Å². The van der Waals surface area contributed by atoms with E-state index in [1.165, 1.54) is 5.70 Å². The average molecular weight is 157 g/mol. The average Bonchev–Trinajstić information content (AvgIpc) is 1.98. The lowest BCUT2D eigenvalue weighted by Crippen LogP contribution is -2.06. The van der Waals surface area contributed by atoms with Crippen LogP contribution in [-0.4, -0.2) is 18.2 Å². The van der Waals surface area contributed by atoms with Crippen LogP contribution < -0.4 is 0 Å². The normalized spacial score (nSPS) is 12.6. The van der Waals surface area contributed by atoms with Crippen molar-refractivity contribution < 1.29 is 0 Å². The Morgan fingerprint density at radius 3 is 2.50 bits per heavy atom. The summed E-state index contributed by atoms with van der Waals surface area (Å²) in [7, 11) is 2.04. The minimum absolute atomic E-state index is 1.27. The Morgan fingerprint density at radius 1 is 1.50 bits per heavy atom. The van der Waals surface area contributed by atoms with Crippen molar-refractivity contribution in [2.45, 2.75) is 13.8 Å². The second kappa shape index (κ2) is 5.42. The van der Waals surface area contributed by atoms with Crippen molar-refractivity contribution in [3.05, 3.63) is 23.4 Å². The molecular weight excluding hydrogens is 142 g/mol. The monoisotopic (exact) mass is 157 g/mol. The van der Waals surface area contributed by atoms with Gasteiger partial charge in [0, 0.05) is 18.9 Å². The number of rotatable bonds is 3. The first-order chi connectivity index (χ1) is 4.72. The van der Waals surface area contributed by atoms with E-state index >= 15 is 0 Å². The molecule has 0 amide bonds. The van der Waals surface area contributed by atoms with E-state index in [9.17, 15) is 0 Å². The molecular formula is C8H15NS. The summed E-state index contributed by atoms with van der Waals surface area (Å²) in [6.45, 7) is 4.13. The molecule has 58 valence electrons.